The molecule has 0 radical (unpaired) electrons. The summed E-state index contributed by atoms with van der Waals surface area (Å²) in [6, 6.07) is 2.25. The van der Waals surface area contributed by atoms with Gasteiger partial charge in [-0.25, -0.2) is 19.3 Å². The van der Waals surface area contributed by atoms with Crippen LogP contribution in [0.5, 0.6) is 0 Å². The zero-order valence-corrected chi connectivity index (χ0v) is 14.4. The SMILES string of the molecule is NC(=O)N(C(=O)NCCCc1cc(Cl)cc(Cl)c1)C1NC(=O)NC1=O. The van der Waals surface area contributed by atoms with E-state index in [1.54, 1.807) is 18.2 Å². The molecule has 1 aromatic carbocycles. The molecule has 5 N–H and O–H groups in total. The quantitative estimate of drug-likeness (QED) is 0.445. The van der Waals surface area contributed by atoms with Gasteiger partial charge in [0.25, 0.3) is 5.91 Å². The van der Waals surface area contributed by atoms with Crippen molar-refractivity contribution in [2.45, 2.75) is 19.0 Å². The number of primary amides is 1. The lowest BCUT2D eigenvalue weighted by molar-refractivity contribution is -0.122. The Morgan fingerprint density at radius 3 is 2.36 bits per heavy atom. The molecule has 1 aliphatic rings. The Bertz CT molecular complexity index is 707. The maximum Gasteiger partial charge on any atom is 0.327 e. The molecule has 1 heterocycles. The van der Waals surface area contributed by atoms with E-state index in [0.29, 0.717) is 27.8 Å². The lowest BCUT2D eigenvalue weighted by Gasteiger charge is -2.23. The van der Waals surface area contributed by atoms with E-state index >= 15 is 0 Å². The van der Waals surface area contributed by atoms with E-state index in [0.717, 1.165) is 5.56 Å². The number of carbonyl (C=O) groups excluding carboxylic acids is 4. The molecule has 11 heteroatoms. The van der Waals surface area contributed by atoms with Crippen molar-refractivity contribution in [1.29, 1.82) is 0 Å². The van der Waals surface area contributed by atoms with Gasteiger partial charge in [0.2, 0.25) is 0 Å². The molecule has 0 spiro atoms. The summed E-state index contributed by atoms with van der Waals surface area (Å²) in [6.07, 6.45) is -0.368. The molecule has 2 rings (SSSR count). The van der Waals surface area contributed by atoms with Gasteiger partial charge in [0.1, 0.15) is 0 Å². The van der Waals surface area contributed by atoms with Crippen molar-refractivity contribution < 1.29 is 19.2 Å². The van der Waals surface area contributed by atoms with Gasteiger partial charge in [-0.3, -0.25) is 10.1 Å². The van der Waals surface area contributed by atoms with Crippen LogP contribution in [-0.4, -0.2) is 41.6 Å². The zero-order chi connectivity index (χ0) is 18.6. The lowest BCUT2D eigenvalue weighted by Crippen LogP contribution is -2.57. The first-order valence-corrected chi connectivity index (χ1v) is 7.96. The average molecular weight is 388 g/mol. The fourth-order valence-electron chi connectivity index (χ4n) is 2.26. The number of benzene rings is 1. The highest BCUT2D eigenvalue weighted by molar-refractivity contribution is 6.34. The van der Waals surface area contributed by atoms with Crippen molar-refractivity contribution in [3.63, 3.8) is 0 Å². The van der Waals surface area contributed by atoms with Crippen molar-refractivity contribution in [3.8, 4) is 0 Å². The summed E-state index contributed by atoms with van der Waals surface area (Å²) in [5.41, 5.74) is 6.01. The highest BCUT2D eigenvalue weighted by atomic mass is 35.5. The van der Waals surface area contributed by atoms with E-state index in [4.69, 9.17) is 28.9 Å². The number of aryl methyl sites for hydroxylation is 1. The molecule has 0 bridgehead atoms. The Morgan fingerprint density at radius 2 is 1.84 bits per heavy atom. The zero-order valence-electron chi connectivity index (χ0n) is 12.8. The summed E-state index contributed by atoms with van der Waals surface area (Å²) in [5, 5.41) is 7.53. The van der Waals surface area contributed by atoms with Gasteiger partial charge in [-0.05, 0) is 36.6 Å². The highest BCUT2D eigenvalue weighted by Gasteiger charge is 2.40. The van der Waals surface area contributed by atoms with Crippen LogP contribution in [0.1, 0.15) is 12.0 Å². The molecule has 1 unspecified atom stereocenters. The van der Waals surface area contributed by atoms with Crippen LogP contribution in [0.15, 0.2) is 18.2 Å². The number of imide groups is 2. The number of nitrogens with one attached hydrogen (secondary N) is 3. The molecular weight excluding hydrogens is 373 g/mol. The first kappa shape index (κ1) is 18.8. The number of nitrogens with zero attached hydrogens (tertiary/aromatic N) is 1. The fraction of sp³-hybridized carbons (Fsp3) is 0.286. The number of nitrogens with two attached hydrogens (primary N) is 1. The topological polar surface area (TPSA) is 134 Å². The van der Waals surface area contributed by atoms with Crippen LogP contribution in [0.4, 0.5) is 14.4 Å². The van der Waals surface area contributed by atoms with Crippen LogP contribution < -0.4 is 21.7 Å². The number of carbonyl (C=O) groups is 4. The third-order valence-corrected chi connectivity index (χ3v) is 3.74. The first-order chi connectivity index (χ1) is 11.8. The summed E-state index contributed by atoms with van der Waals surface area (Å²) in [7, 11) is 0. The molecule has 0 aliphatic carbocycles. The largest absolute Gasteiger partial charge is 0.351 e. The Hall–Kier alpha value is -2.52. The summed E-state index contributed by atoms with van der Waals surface area (Å²) in [4.78, 5) is 46.6. The number of hydrogen-bond donors (Lipinski definition) is 4. The summed E-state index contributed by atoms with van der Waals surface area (Å²) in [6.45, 7) is 0.203. The number of urea groups is 3. The molecule has 0 saturated carbocycles. The Labute approximate surface area is 152 Å². The van der Waals surface area contributed by atoms with Crippen molar-refractivity contribution >= 4 is 47.2 Å². The average Bonchev–Trinajstić information content (AvgIpc) is 2.81. The maximum atomic E-state index is 12.1. The molecule has 1 atom stereocenters. The predicted molar refractivity (Wildman–Crippen MR) is 90.1 cm³/mol. The first-order valence-electron chi connectivity index (χ1n) is 7.21. The minimum atomic E-state index is -1.48. The predicted octanol–water partition coefficient (Wildman–Crippen LogP) is 1.18. The number of halogens is 2. The third kappa shape index (κ3) is 4.97. The minimum absolute atomic E-state index is 0.203. The van der Waals surface area contributed by atoms with Gasteiger partial charge in [-0.2, -0.15) is 0 Å². The normalized spacial score (nSPS) is 16.2. The fourth-order valence-corrected chi connectivity index (χ4v) is 2.83. The molecule has 134 valence electrons. The Kier molecular flexibility index (Phi) is 6.05. The van der Waals surface area contributed by atoms with Crippen LogP contribution in [0, 0.1) is 0 Å². The second-order valence-electron chi connectivity index (χ2n) is 5.19. The summed E-state index contributed by atoms with van der Waals surface area (Å²) >= 11 is 11.8. The Balaban J connectivity index is 1.88. The van der Waals surface area contributed by atoms with E-state index in [1.165, 1.54) is 0 Å². The van der Waals surface area contributed by atoms with E-state index in [2.05, 4.69) is 10.6 Å². The molecular formula is C14H15Cl2N5O4. The van der Waals surface area contributed by atoms with Gasteiger partial charge in [0.15, 0.2) is 6.17 Å². The molecule has 1 saturated heterocycles. The molecule has 7 amide bonds. The number of amides is 7. The number of rotatable bonds is 5. The molecule has 1 fully saturated rings. The van der Waals surface area contributed by atoms with Crippen molar-refractivity contribution in [1.82, 2.24) is 20.9 Å². The lowest BCUT2D eigenvalue weighted by atomic mass is 10.1. The van der Waals surface area contributed by atoms with Crippen LogP contribution in [0.2, 0.25) is 10.0 Å². The van der Waals surface area contributed by atoms with E-state index in [1.807, 2.05) is 5.32 Å². The molecule has 1 aromatic rings. The van der Waals surface area contributed by atoms with Crippen LogP contribution in [-0.2, 0) is 11.2 Å². The van der Waals surface area contributed by atoms with Gasteiger partial charge in [-0.15, -0.1) is 0 Å². The van der Waals surface area contributed by atoms with Gasteiger partial charge in [0, 0.05) is 16.6 Å². The molecule has 0 aromatic heterocycles. The molecule has 9 nitrogen and oxygen atoms in total. The van der Waals surface area contributed by atoms with E-state index in [9.17, 15) is 19.2 Å². The van der Waals surface area contributed by atoms with Crippen molar-refractivity contribution in [2.75, 3.05) is 6.54 Å². The van der Waals surface area contributed by atoms with E-state index in [-0.39, 0.29) is 6.54 Å². The van der Waals surface area contributed by atoms with Gasteiger partial charge in [0.05, 0.1) is 0 Å². The number of hydrogen-bond acceptors (Lipinski definition) is 4. The summed E-state index contributed by atoms with van der Waals surface area (Å²) in [5.74, 6) is -0.840. The van der Waals surface area contributed by atoms with E-state index < -0.39 is 30.2 Å². The van der Waals surface area contributed by atoms with Crippen LogP contribution in [0.25, 0.3) is 0 Å². The third-order valence-electron chi connectivity index (χ3n) is 3.31. The maximum absolute atomic E-state index is 12.1. The van der Waals surface area contributed by atoms with Gasteiger partial charge in [-0.1, -0.05) is 23.2 Å². The smallest absolute Gasteiger partial charge is 0.327 e. The Morgan fingerprint density at radius 1 is 1.20 bits per heavy atom. The van der Waals surface area contributed by atoms with Crippen molar-refractivity contribution in [3.05, 3.63) is 33.8 Å². The molecule has 1 aliphatic heterocycles. The highest BCUT2D eigenvalue weighted by Crippen LogP contribution is 2.19. The van der Waals surface area contributed by atoms with Crippen LogP contribution in [0.3, 0.4) is 0 Å². The van der Waals surface area contributed by atoms with Gasteiger partial charge < -0.3 is 16.4 Å². The standard InChI is InChI=1S/C14H15Cl2N5O4/c15-8-4-7(5-9(16)6-8)2-1-3-18-14(25)21(12(17)23)10-11(22)20-13(24)19-10/h4-6,10H,1-3H2,(H2,17,23)(H,18,25)(H2,19,20,22,24). The van der Waals surface area contributed by atoms with Crippen molar-refractivity contribution in [2.24, 2.45) is 5.73 Å². The second kappa shape index (κ2) is 8.04. The monoisotopic (exact) mass is 387 g/mol. The van der Waals surface area contributed by atoms with Gasteiger partial charge >= 0.3 is 18.1 Å². The van der Waals surface area contributed by atoms with Crippen LogP contribution >= 0.6 is 23.2 Å². The molecule has 25 heavy (non-hydrogen) atoms. The summed E-state index contributed by atoms with van der Waals surface area (Å²) < 4.78 is 0. The second-order valence-corrected chi connectivity index (χ2v) is 6.06. The minimum Gasteiger partial charge on any atom is -0.351 e.